The lowest BCUT2D eigenvalue weighted by atomic mass is 10.2. The van der Waals surface area contributed by atoms with Crippen molar-refractivity contribution in [2.45, 2.75) is 37.9 Å². The van der Waals surface area contributed by atoms with Crippen molar-refractivity contribution in [3.8, 4) is 0 Å². The highest BCUT2D eigenvalue weighted by Gasteiger charge is 2.20. The number of thioether (sulfide) groups is 1. The standard InChI is InChI=1S/C12H19N3OS/c1-8(6-13-10-3-4-10)7-17-12-14-9(2)5-11(16)15-12/h5,8,10,13H,3-4,6-7H2,1-2H3,(H,14,15,16). The van der Waals surface area contributed by atoms with Crippen LogP contribution in [0.25, 0.3) is 0 Å². The zero-order chi connectivity index (χ0) is 12.3. The van der Waals surface area contributed by atoms with E-state index in [-0.39, 0.29) is 5.56 Å². The molecule has 0 amide bonds. The van der Waals surface area contributed by atoms with E-state index in [2.05, 4.69) is 22.2 Å². The molecule has 94 valence electrons. The van der Waals surface area contributed by atoms with Gasteiger partial charge in [0.2, 0.25) is 0 Å². The Bertz CT molecular complexity index is 428. The molecule has 0 radical (unpaired) electrons. The van der Waals surface area contributed by atoms with Crippen LogP contribution in [-0.2, 0) is 0 Å². The van der Waals surface area contributed by atoms with Crippen LogP contribution in [0.5, 0.6) is 0 Å². The number of aromatic nitrogens is 2. The zero-order valence-corrected chi connectivity index (χ0v) is 11.1. The van der Waals surface area contributed by atoms with E-state index in [4.69, 9.17) is 0 Å². The van der Waals surface area contributed by atoms with Crippen molar-refractivity contribution in [1.82, 2.24) is 15.3 Å². The quantitative estimate of drug-likeness (QED) is 0.597. The summed E-state index contributed by atoms with van der Waals surface area (Å²) >= 11 is 1.62. The van der Waals surface area contributed by atoms with Gasteiger partial charge >= 0.3 is 0 Å². The number of aryl methyl sites for hydroxylation is 1. The summed E-state index contributed by atoms with van der Waals surface area (Å²) in [7, 11) is 0. The average Bonchev–Trinajstić information content (AvgIpc) is 3.06. The summed E-state index contributed by atoms with van der Waals surface area (Å²) in [6, 6.07) is 2.28. The van der Waals surface area contributed by atoms with Crippen molar-refractivity contribution in [2.24, 2.45) is 5.92 Å². The third kappa shape index (κ3) is 4.52. The lowest BCUT2D eigenvalue weighted by Crippen LogP contribution is -2.24. The first-order valence-corrected chi connectivity index (χ1v) is 7.06. The van der Waals surface area contributed by atoms with Crippen LogP contribution in [0.4, 0.5) is 0 Å². The molecule has 0 spiro atoms. The van der Waals surface area contributed by atoms with Crippen molar-refractivity contribution in [1.29, 1.82) is 0 Å². The second kappa shape index (κ2) is 5.69. The van der Waals surface area contributed by atoms with Gasteiger partial charge in [-0.25, -0.2) is 4.98 Å². The number of rotatable bonds is 6. The van der Waals surface area contributed by atoms with E-state index in [1.807, 2.05) is 6.92 Å². The van der Waals surface area contributed by atoms with Crippen LogP contribution in [-0.4, -0.2) is 28.3 Å². The topological polar surface area (TPSA) is 57.8 Å². The van der Waals surface area contributed by atoms with Gasteiger partial charge < -0.3 is 10.3 Å². The van der Waals surface area contributed by atoms with Crippen molar-refractivity contribution in [3.05, 3.63) is 22.1 Å². The van der Waals surface area contributed by atoms with E-state index in [9.17, 15) is 4.79 Å². The molecular formula is C12H19N3OS. The summed E-state index contributed by atoms with van der Waals surface area (Å²) in [6.07, 6.45) is 2.65. The Morgan fingerprint density at radius 3 is 3.06 bits per heavy atom. The van der Waals surface area contributed by atoms with Gasteiger partial charge in [-0.15, -0.1) is 0 Å². The van der Waals surface area contributed by atoms with Crippen molar-refractivity contribution in [2.75, 3.05) is 12.3 Å². The second-order valence-corrected chi connectivity index (χ2v) is 5.80. The predicted molar refractivity (Wildman–Crippen MR) is 70.5 cm³/mol. The summed E-state index contributed by atoms with van der Waals surface area (Å²) < 4.78 is 0. The fourth-order valence-corrected chi connectivity index (χ4v) is 2.50. The predicted octanol–water partition coefficient (Wildman–Crippen LogP) is 1.56. The molecule has 2 N–H and O–H groups in total. The molecule has 5 heteroatoms. The molecular weight excluding hydrogens is 234 g/mol. The molecule has 1 aromatic rings. The third-order valence-electron chi connectivity index (χ3n) is 2.68. The summed E-state index contributed by atoms with van der Waals surface area (Å²) in [5.41, 5.74) is 0.712. The molecule has 0 aliphatic heterocycles. The highest BCUT2D eigenvalue weighted by atomic mass is 32.2. The molecule has 1 saturated carbocycles. The molecule has 0 saturated heterocycles. The summed E-state index contributed by atoms with van der Waals surface area (Å²) in [5.74, 6) is 1.57. The number of hydrogen-bond acceptors (Lipinski definition) is 4. The Balaban J connectivity index is 1.77. The number of nitrogens with zero attached hydrogens (tertiary/aromatic N) is 1. The van der Waals surface area contributed by atoms with E-state index in [0.29, 0.717) is 5.92 Å². The highest BCUT2D eigenvalue weighted by molar-refractivity contribution is 7.99. The minimum absolute atomic E-state index is 0.0660. The van der Waals surface area contributed by atoms with Gasteiger partial charge in [0.05, 0.1) is 0 Å². The van der Waals surface area contributed by atoms with E-state index < -0.39 is 0 Å². The van der Waals surface area contributed by atoms with Crippen molar-refractivity contribution < 1.29 is 0 Å². The third-order valence-corrected chi connectivity index (χ3v) is 3.89. The first kappa shape index (κ1) is 12.6. The smallest absolute Gasteiger partial charge is 0.251 e. The van der Waals surface area contributed by atoms with Gasteiger partial charge in [-0.05, 0) is 32.2 Å². The molecule has 1 aliphatic rings. The molecule has 0 bridgehead atoms. The Morgan fingerprint density at radius 1 is 1.65 bits per heavy atom. The first-order chi connectivity index (χ1) is 8.13. The Kier molecular flexibility index (Phi) is 4.23. The Labute approximate surface area is 106 Å². The van der Waals surface area contributed by atoms with Crippen LogP contribution < -0.4 is 10.9 Å². The lowest BCUT2D eigenvalue weighted by molar-refractivity contribution is 0.556. The number of nitrogens with one attached hydrogen (secondary N) is 2. The fourth-order valence-electron chi connectivity index (χ4n) is 1.56. The molecule has 1 fully saturated rings. The van der Waals surface area contributed by atoms with Gasteiger partial charge in [0, 0.05) is 23.6 Å². The maximum Gasteiger partial charge on any atom is 0.251 e. The van der Waals surface area contributed by atoms with Gasteiger partial charge in [0.15, 0.2) is 5.16 Å². The molecule has 17 heavy (non-hydrogen) atoms. The minimum Gasteiger partial charge on any atom is -0.314 e. The zero-order valence-electron chi connectivity index (χ0n) is 10.3. The van der Waals surface area contributed by atoms with Gasteiger partial charge in [0.25, 0.3) is 5.56 Å². The van der Waals surface area contributed by atoms with Crippen LogP contribution in [0, 0.1) is 12.8 Å². The Morgan fingerprint density at radius 2 is 2.41 bits per heavy atom. The molecule has 1 aliphatic carbocycles. The minimum atomic E-state index is -0.0660. The lowest BCUT2D eigenvalue weighted by Gasteiger charge is -2.11. The summed E-state index contributed by atoms with van der Waals surface area (Å²) in [6.45, 7) is 5.11. The van der Waals surface area contributed by atoms with Gasteiger partial charge in [-0.2, -0.15) is 0 Å². The van der Waals surface area contributed by atoms with Crippen LogP contribution in [0.2, 0.25) is 0 Å². The summed E-state index contributed by atoms with van der Waals surface area (Å²) in [5, 5.41) is 4.24. The monoisotopic (exact) mass is 253 g/mol. The fraction of sp³-hybridized carbons (Fsp3) is 0.667. The van der Waals surface area contributed by atoms with Gasteiger partial charge in [0.1, 0.15) is 0 Å². The van der Waals surface area contributed by atoms with Crippen molar-refractivity contribution in [3.63, 3.8) is 0 Å². The first-order valence-electron chi connectivity index (χ1n) is 6.07. The van der Waals surface area contributed by atoms with Gasteiger partial charge in [-0.3, -0.25) is 4.79 Å². The van der Waals surface area contributed by atoms with E-state index in [1.54, 1.807) is 11.8 Å². The second-order valence-electron chi connectivity index (χ2n) is 4.79. The maximum atomic E-state index is 11.3. The number of aromatic amines is 1. The normalized spacial score (nSPS) is 17.1. The molecule has 2 rings (SSSR count). The summed E-state index contributed by atoms with van der Waals surface area (Å²) in [4.78, 5) is 18.3. The van der Waals surface area contributed by atoms with E-state index in [0.717, 1.165) is 29.2 Å². The molecule has 1 heterocycles. The molecule has 1 unspecified atom stereocenters. The van der Waals surface area contributed by atoms with Crippen LogP contribution in [0.3, 0.4) is 0 Å². The van der Waals surface area contributed by atoms with Crippen LogP contribution in [0.15, 0.2) is 16.0 Å². The SMILES string of the molecule is Cc1cc(=O)[nH]c(SCC(C)CNC2CC2)n1. The molecule has 0 aromatic carbocycles. The van der Waals surface area contributed by atoms with Crippen molar-refractivity contribution >= 4 is 11.8 Å². The van der Waals surface area contributed by atoms with Gasteiger partial charge in [-0.1, -0.05) is 18.7 Å². The highest BCUT2D eigenvalue weighted by Crippen LogP contribution is 2.20. The molecule has 4 nitrogen and oxygen atoms in total. The van der Waals surface area contributed by atoms with E-state index in [1.165, 1.54) is 18.9 Å². The van der Waals surface area contributed by atoms with Crippen LogP contribution >= 0.6 is 11.8 Å². The van der Waals surface area contributed by atoms with E-state index >= 15 is 0 Å². The number of H-pyrrole nitrogens is 1. The largest absolute Gasteiger partial charge is 0.314 e. The van der Waals surface area contributed by atoms with Crippen LogP contribution in [0.1, 0.15) is 25.5 Å². The molecule has 1 atom stereocenters. The Hall–Kier alpha value is -0.810. The molecule has 1 aromatic heterocycles. The average molecular weight is 253 g/mol. The maximum absolute atomic E-state index is 11.3. The number of hydrogen-bond donors (Lipinski definition) is 2.